The van der Waals surface area contributed by atoms with Gasteiger partial charge in [0.2, 0.25) is 5.91 Å². The highest BCUT2D eigenvalue weighted by Crippen LogP contribution is 2.16. The maximum atomic E-state index is 12.7. The molecule has 1 aromatic carbocycles. The number of hydrogen-bond acceptors (Lipinski definition) is 4. The number of guanidine groups is 1. The van der Waals surface area contributed by atoms with Gasteiger partial charge in [-0.15, -0.1) is 35.7 Å². The van der Waals surface area contributed by atoms with Gasteiger partial charge in [-0.1, -0.05) is 12.1 Å². The molecule has 1 aromatic rings. The van der Waals surface area contributed by atoms with E-state index in [1.807, 2.05) is 11.9 Å². The summed E-state index contributed by atoms with van der Waals surface area (Å²) in [5.74, 6) is 1.23. The summed E-state index contributed by atoms with van der Waals surface area (Å²) in [5, 5.41) is 3.48. The van der Waals surface area contributed by atoms with Crippen molar-refractivity contribution >= 4 is 47.6 Å². The van der Waals surface area contributed by atoms with Crippen molar-refractivity contribution in [3.05, 3.63) is 29.8 Å². The van der Waals surface area contributed by atoms with Crippen molar-refractivity contribution in [2.24, 2.45) is 4.99 Å². The molecule has 2 aliphatic rings. The van der Waals surface area contributed by atoms with Crippen LogP contribution in [0.4, 0.5) is 0 Å². The van der Waals surface area contributed by atoms with Crippen molar-refractivity contribution in [2.45, 2.75) is 37.2 Å². The predicted octanol–water partition coefficient (Wildman–Crippen LogP) is 2.73. The molecule has 0 aromatic heterocycles. The number of likely N-dealkylation sites (tertiary alicyclic amines) is 1. The van der Waals surface area contributed by atoms with Gasteiger partial charge in [0.15, 0.2) is 5.96 Å². The van der Waals surface area contributed by atoms with Crippen LogP contribution in [-0.2, 0) is 11.3 Å². The van der Waals surface area contributed by atoms with Crippen molar-refractivity contribution in [3.8, 4) is 0 Å². The second-order valence-corrected chi connectivity index (χ2v) is 8.36. The van der Waals surface area contributed by atoms with Gasteiger partial charge in [-0.3, -0.25) is 14.7 Å². The van der Waals surface area contributed by atoms with Gasteiger partial charge < -0.3 is 15.1 Å². The van der Waals surface area contributed by atoms with Crippen LogP contribution >= 0.6 is 35.7 Å². The summed E-state index contributed by atoms with van der Waals surface area (Å²) in [6.45, 7) is 8.25. The Bertz CT molecular complexity index is 670. The highest BCUT2D eigenvalue weighted by atomic mass is 127. The number of nitrogens with one attached hydrogen (secondary N) is 1. The minimum Gasteiger partial charge on any atom is -0.352 e. The first-order valence-electron chi connectivity index (χ1n) is 10.2. The highest BCUT2D eigenvalue weighted by Gasteiger charge is 2.30. The molecule has 2 fully saturated rings. The third kappa shape index (κ3) is 6.49. The normalized spacial score (nSPS) is 19.1. The first-order chi connectivity index (χ1) is 13.6. The molecule has 2 heterocycles. The van der Waals surface area contributed by atoms with Gasteiger partial charge >= 0.3 is 0 Å². The molecule has 1 atom stereocenters. The van der Waals surface area contributed by atoms with Crippen LogP contribution in [0.5, 0.6) is 0 Å². The lowest BCUT2D eigenvalue weighted by atomic mass is 10.2. The van der Waals surface area contributed by atoms with Crippen LogP contribution in [-0.4, -0.2) is 85.2 Å². The number of rotatable bonds is 5. The molecule has 8 heteroatoms. The fourth-order valence-electron chi connectivity index (χ4n) is 3.94. The van der Waals surface area contributed by atoms with E-state index in [9.17, 15) is 4.79 Å². The summed E-state index contributed by atoms with van der Waals surface area (Å²) in [5.41, 5.74) is 1.25. The van der Waals surface area contributed by atoms with E-state index in [0.717, 1.165) is 64.6 Å². The van der Waals surface area contributed by atoms with Crippen molar-refractivity contribution < 1.29 is 4.79 Å². The van der Waals surface area contributed by atoms with Gasteiger partial charge in [0.05, 0.1) is 6.04 Å². The second-order valence-electron chi connectivity index (χ2n) is 7.48. The van der Waals surface area contributed by atoms with Crippen LogP contribution in [0.25, 0.3) is 0 Å². The van der Waals surface area contributed by atoms with Crippen molar-refractivity contribution in [2.75, 3.05) is 52.6 Å². The maximum absolute atomic E-state index is 12.7. The van der Waals surface area contributed by atoms with Crippen molar-refractivity contribution in [1.82, 2.24) is 20.0 Å². The Hall–Kier alpha value is -1.00. The molecule has 0 aliphatic carbocycles. The lowest BCUT2D eigenvalue weighted by molar-refractivity contribution is -0.135. The molecule has 1 unspecified atom stereocenters. The smallest absolute Gasteiger partial charge is 0.239 e. The fraction of sp³-hybridized carbons (Fsp3) is 0.619. The van der Waals surface area contributed by atoms with Crippen LogP contribution < -0.4 is 5.32 Å². The SMILES string of the molecule is CN=C(NCc1ccc(SC)cc1)N1CCN(C(C)C(=O)N2CCCC2)CC1.I. The summed E-state index contributed by atoms with van der Waals surface area (Å²) < 4.78 is 0. The zero-order valence-corrected chi connectivity index (χ0v) is 20.9. The molecule has 1 amide bonds. The first-order valence-corrected chi connectivity index (χ1v) is 11.5. The molecule has 1 N–H and O–H groups in total. The second kappa shape index (κ2) is 12.0. The number of carbonyl (C=O) groups is 1. The average Bonchev–Trinajstić information content (AvgIpc) is 3.29. The molecule has 0 spiro atoms. The number of carbonyl (C=O) groups excluding carboxylic acids is 1. The van der Waals surface area contributed by atoms with Gasteiger partial charge in [-0.2, -0.15) is 0 Å². The fourth-order valence-corrected chi connectivity index (χ4v) is 4.34. The number of thioether (sulfide) groups is 1. The van der Waals surface area contributed by atoms with Gasteiger partial charge in [0.25, 0.3) is 0 Å². The Morgan fingerprint density at radius 3 is 2.24 bits per heavy atom. The minimum atomic E-state index is -0.0230. The average molecular weight is 532 g/mol. The van der Waals surface area contributed by atoms with Crippen LogP contribution in [0.15, 0.2) is 34.2 Å². The lowest BCUT2D eigenvalue weighted by Gasteiger charge is -2.39. The highest BCUT2D eigenvalue weighted by molar-refractivity contribution is 14.0. The molecule has 3 rings (SSSR count). The van der Waals surface area contributed by atoms with Gasteiger partial charge in [0, 0.05) is 57.8 Å². The number of nitrogens with zero attached hydrogens (tertiary/aromatic N) is 4. The Kier molecular flexibility index (Phi) is 10.0. The van der Waals surface area contributed by atoms with E-state index in [4.69, 9.17) is 0 Å². The Labute approximate surface area is 196 Å². The number of amides is 1. The third-order valence-electron chi connectivity index (χ3n) is 5.76. The number of benzene rings is 1. The topological polar surface area (TPSA) is 51.2 Å². The van der Waals surface area contributed by atoms with Crippen LogP contribution in [0.1, 0.15) is 25.3 Å². The zero-order chi connectivity index (χ0) is 19.9. The van der Waals surface area contributed by atoms with E-state index in [0.29, 0.717) is 5.91 Å². The third-order valence-corrected chi connectivity index (χ3v) is 6.50. The van der Waals surface area contributed by atoms with Crippen LogP contribution in [0, 0.1) is 0 Å². The summed E-state index contributed by atoms with van der Waals surface area (Å²) >= 11 is 1.76. The molecule has 162 valence electrons. The Balaban J connectivity index is 0.00000300. The number of halogens is 1. The zero-order valence-electron chi connectivity index (χ0n) is 17.8. The van der Waals surface area contributed by atoms with Gasteiger partial charge in [-0.25, -0.2) is 0 Å². The van der Waals surface area contributed by atoms with Crippen LogP contribution in [0.3, 0.4) is 0 Å². The molecule has 2 saturated heterocycles. The van der Waals surface area contributed by atoms with Crippen LogP contribution in [0.2, 0.25) is 0 Å². The van der Waals surface area contributed by atoms with E-state index in [-0.39, 0.29) is 30.0 Å². The summed E-state index contributed by atoms with van der Waals surface area (Å²) in [6.07, 6.45) is 4.39. The predicted molar refractivity (Wildman–Crippen MR) is 132 cm³/mol. The molecule has 0 bridgehead atoms. The molecule has 2 aliphatic heterocycles. The summed E-state index contributed by atoms with van der Waals surface area (Å²) in [7, 11) is 1.84. The summed E-state index contributed by atoms with van der Waals surface area (Å²) in [4.78, 5) is 25.0. The lowest BCUT2D eigenvalue weighted by Crippen LogP contribution is -2.57. The van der Waals surface area contributed by atoms with E-state index in [2.05, 4.69) is 57.6 Å². The van der Waals surface area contributed by atoms with E-state index < -0.39 is 0 Å². The molecule has 29 heavy (non-hydrogen) atoms. The van der Waals surface area contributed by atoms with E-state index >= 15 is 0 Å². The number of hydrogen-bond donors (Lipinski definition) is 1. The number of aliphatic imine (C=N–C) groups is 1. The van der Waals surface area contributed by atoms with Crippen molar-refractivity contribution in [1.29, 1.82) is 0 Å². The first kappa shape index (κ1) is 24.3. The molecular formula is C21H34IN5OS. The van der Waals surface area contributed by atoms with E-state index in [1.165, 1.54) is 10.5 Å². The Morgan fingerprint density at radius 1 is 1.07 bits per heavy atom. The van der Waals surface area contributed by atoms with Gasteiger partial charge in [-0.05, 0) is 43.7 Å². The molecule has 0 saturated carbocycles. The van der Waals surface area contributed by atoms with Crippen molar-refractivity contribution in [3.63, 3.8) is 0 Å². The van der Waals surface area contributed by atoms with Gasteiger partial charge in [0.1, 0.15) is 0 Å². The maximum Gasteiger partial charge on any atom is 0.239 e. The van der Waals surface area contributed by atoms with E-state index in [1.54, 1.807) is 11.8 Å². The minimum absolute atomic E-state index is 0. The molecule has 0 radical (unpaired) electrons. The molecule has 6 nitrogen and oxygen atoms in total. The quantitative estimate of drug-likeness (QED) is 0.274. The molecular weight excluding hydrogens is 497 g/mol. The standard InChI is InChI=1S/C21H33N5OS.HI/c1-17(20(27)25-10-4-5-11-25)24-12-14-26(15-13-24)21(22-2)23-16-18-6-8-19(28-3)9-7-18;/h6-9,17H,4-5,10-16H2,1-3H3,(H,22,23);1H. The Morgan fingerprint density at radius 2 is 1.69 bits per heavy atom. The monoisotopic (exact) mass is 531 g/mol. The largest absolute Gasteiger partial charge is 0.352 e. The number of piperazine rings is 1. The summed E-state index contributed by atoms with van der Waals surface area (Å²) in [6, 6.07) is 8.61.